The van der Waals surface area contributed by atoms with Gasteiger partial charge >= 0.3 is 0 Å². The standard InChI is InChI=1S/C22H22N4O3S2/c1-13-12-14(2)23-21-16(13)17(25-20(28)22(30)26-8-10-29-11-9-26)18(31-21)19(27)24-15-6-4-3-5-7-15/h3-7,12H,8-11H2,1-2H3,(H,24,27)(H,25,28). The van der Waals surface area contributed by atoms with Crippen LogP contribution in [-0.2, 0) is 9.53 Å². The van der Waals surface area contributed by atoms with Gasteiger partial charge in [0, 0.05) is 29.9 Å². The largest absolute Gasteiger partial charge is 0.378 e. The van der Waals surface area contributed by atoms with Crippen molar-refractivity contribution in [1.29, 1.82) is 0 Å². The molecule has 0 saturated carbocycles. The topological polar surface area (TPSA) is 83.6 Å². The first-order chi connectivity index (χ1) is 14.9. The van der Waals surface area contributed by atoms with Crippen molar-refractivity contribution in [2.24, 2.45) is 0 Å². The van der Waals surface area contributed by atoms with E-state index in [1.807, 2.05) is 55.1 Å². The molecule has 0 spiro atoms. The summed E-state index contributed by atoms with van der Waals surface area (Å²) >= 11 is 6.66. The Balaban J connectivity index is 1.69. The number of hydrogen-bond donors (Lipinski definition) is 2. The number of morpholine rings is 1. The van der Waals surface area contributed by atoms with E-state index in [2.05, 4.69) is 15.6 Å². The normalized spacial score (nSPS) is 13.8. The van der Waals surface area contributed by atoms with E-state index in [0.717, 1.165) is 16.6 Å². The number of benzene rings is 1. The summed E-state index contributed by atoms with van der Waals surface area (Å²) < 4.78 is 5.33. The second-order valence-electron chi connectivity index (χ2n) is 7.25. The molecular weight excluding hydrogens is 432 g/mol. The van der Waals surface area contributed by atoms with E-state index < -0.39 is 5.91 Å². The Bertz CT molecular complexity index is 1150. The van der Waals surface area contributed by atoms with Gasteiger partial charge in [0.15, 0.2) is 4.99 Å². The zero-order chi connectivity index (χ0) is 22.0. The molecular formula is C22H22N4O3S2. The molecule has 2 N–H and O–H groups in total. The van der Waals surface area contributed by atoms with Crippen LogP contribution in [0.1, 0.15) is 20.9 Å². The Kier molecular flexibility index (Phi) is 6.26. The number of para-hydroxylation sites is 1. The molecule has 3 heterocycles. The van der Waals surface area contributed by atoms with Crippen molar-refractivity contribution < 1.29 is 14.3 Å². The number of amides is 2. The maximum atomic E-state index is 13.1. The summed E-state index contributed by atoms with van der Waals surface area (Å²) in [6, 6.07) is 11.1. The van der Waals surface area contributed by atoms with E-state index >= 15 is 0 Å². The average molecular weight is 455 g/mol. The first-order valence-electron chi connectivity index (χ1n) is 9.89. The van der Waals surface area contributed by atoms with Crippen molar-refractivity contribution in [1.82, 2.24) is 9.88 Å². The van der Waals surface area contributed by atoms with Crippen LogP contribution in [0, 0.1) is 13.8 Å². The molecule has 1 fully saturated rings. The molecule has 1 aliphatic rings. The number of ether oxygens (including phenoxy) is 1. The van der Waals surface area contributed by atoms with Gasteiger partial charge < -0.3 is 20.3 Å². The van der Waals surface area contributed by atoms with E-state index in [4.69, 9.17) is 17.0 Å². The Hall–Kier alpha value is -2.88. The zero-order valence-electron chi connectivity index (χ0n) is 17.2. The summed E-state index contributed by atoms with van der Waals surface area (Å²) in [6.45, 7) is 6.04. The lowest BCUT2D eigenvalue weighted by Crippen LogP contribution is -2.45. The highest BCUT2D eigenvalue weighted by molar-refractivity contribution is 7.82. The van der Waals surface area contributed by atoms with E-state index in [1.165, 1.54) is 11.3 Å². The van der Waals surface area contributed by atoms with Crippen LogP contribution in [-0.4, -0.2) is 53.0 Å². The predicted molar refractivity (Wildman–Crippen MR) is 127 cm³/mol. The number of carbonyl (C=O) groups excluding carboxylic acids is 2. The van der Waals surface area contributed by atoms with Crippen LogP contribution in [0.3, 0.4) is 0 Å². The quantitative estimate of drug-likeness (QED) is 0.587. The SMILES string of the molecule is Cc1cc(C)c2c(NC(=O)C(=S)N3CCOCC3)c(C(=O)Nc3ccccc3)sc2n1. The Morgan fingerprint density at radius 3 is 2.55 bits per heavy atom. The molecule has 0 aliphatic carbocycles. The maximum absolute atomic E-state index is 13.1. The molecule has 0 bridgehead atoms. The van der Waals surface area contributed by atoms with Crippen LogP contribution in [0.2, 0.25) is 0 Å². The molecule has 1 aliphatic heterocycles. The van der Waals surface area contributed by atoms with Gasteiger partial charge in [-0.3, -0.25) is 9.59 Å². The summed E-state index contributed by atoms with van der Waals surface area (Å²) in [6.07, 6.45) is 0. The Labute approximate surface area is 189 Å². The fourth-order valence-corrected chi connectivity index (χ4v) is 4.89. The molecule has 1 aromatic carbocycles. The van der Waals surface area contributed by atoms with Crippen LogP contribution in [0.15, 0.2) is 36.4 Å². The number of thiophene rings is 1. The van der Waals surface area contributed by atoms with Gasteiger partial charge in [-0.1, -0.05) is 30.4 Å². The minimum Gasteiger partial charge on any atom is -0.378 e. The number of carbonyl (C=O) groups is 2. The third kappa shape index (κ3) is 4.58. The van der Waals surface area contributed by atoms with Gasteiger partial charge in [-0.25, -0.2) is 4.98 Å². The highest BCUT2D eigenvalue weighted by atomic mass is 32.1. The van der Waals surface area contributed by atoms with Gasteiger partial charge in [0.1, 0.15) is 9.71 Å². The van der Waals surface area contributed by atoms with Crippen molar-refractivity contribution in [3.63, 3.8) is 0 Å². The molecule has 160 valence electrons. The lowest BCUT2D eigenvalue weighted by atomic mass is 10.1. The second kappa shape index (κ2) is 9.09. The number of anilines is 2. The van der Waals surface area contributed by atoms with Crippen molar-refractivity contribution in [2.75, 3.05) is 36.9 Å². The molecule has 1 saturated heterocycles. The van der Waals surface area contributed by atoms with Gasteiger partial charge in [0.25, 0.3) is 11.8 Å². The summed E-state index contributed by atoms with van der Waals surface area (Å²) in [5, 5.41) is 6.55. The molecule has 0 atom stereocenters. The molecule has 0 unspecified atom stereocenters. The van der Waals surface area contributed by atoms with Crippen LogP contribution in [0.25, 0.3) is 10.2 Å². The number of rotatable bonds is 3. The number of fused-ring (bicyclic) bond motifs is 1. The minimum atomic E-state index is -0.412. The van der Waals surface area contributed by atoms with E-state index in [0.29, 0.717) is 47.4 Å². The van der Waals surface area contributed by atoms with Crippen molar-refractivity contribution in [3.05, 3.63) is 52.5 Å². The van der Waals surface area contributed by atoms with E-state index in [1.54, 1.807) is 0 Å². The molecule has 2 amide bonds. The van der Waals surface area contributed by atoms with E-state index in [9.17, 15) is 9.59 Å². The lowest BCUT2D eigenvalue weighted by Gasteiger charge is -2.28. The number of thiocarbonyl (C=S) groups is 1. The van der Waals surface area contributed by atoms with Crippen molar-refractivity contribution in [2.45, 2.75) is 13.8 Å². The second-order valence-corrected chi connectivity index (χ2v) is 8.63. The molecule has 7 nitrogen and oxygen atoms in total. The number of aromatic nitrogens is 1. The van der Waals surface area contributed by atoms with Gasteiger partial charge in [-0.05, 0) is 37.6 Å². The van der Waals surface area contributed by atoms with Crippen LogP contribution in [0.4, 0.5) is 11.4 Å². The highest BCUT2D eigenvalue weighted by Gasteiger charge is 2.26. The number of aryl methyl sites for hydroxylation is 2. The molecule has 9 heteroatoms. The fourth-order valence-electron chi connectivity index (χ4n) is 3.51. The minimum absolute atomic E-state index is 0.190. The summed E-state index contributed by atoms with van der Waals surface area (Å²) in [5.41, 5.74) is 2.90. The van der Waals surface area contributed by atoms with Crippen molar-refractivity contribution in [3.8, 4) is 0 Å². The van der Waals surface area contributed by atoms with Gasteiger partial charge in [-0.15, -0.1) is 11.3 Å². The maximum Gasteiger partial charge on any atom is 0.283 e. The first kappa shape index (κ1) is 21.4. The first-order valence-corrected chi connectivity index (χ1v) is 11.1. The Morgan fingerprint density at radius 2 is 1.84 bits per heavy atom. The summed E-state index contributed by atoms with van der Waals surface area (Å²) in [7, 11) is 0. The predicted octanol–water partition coefficient (Wildman–Crippen LogP) is 3.76. The smallest absolute Gasteiger partial charge is 0.283 e. The van der Waals surface area contributed by atoms with Gasteiger partial charge in [0.05, 0.1) is 18.9 Å². The van der Waals surface area contributed by atoms with Gasteiger partial charge in [-0.2, -0.15) is 0 Å². The number of nitrogens with zero attached hydrogens (tertiary/aromatic N) is 2. The number of pyridine rings is 1. The fraction of sp³-hybridized carbons (Fsp3) is 0.273. The van der Waals surface area contributed by atoms with Crippen LogP contribution in [0.5, 0.6) is 0 Å². The van der Waals surface area contributed by atoms with Crippen LogP contribution < -0.4 is 10.6 Å². The van der Waals surface area contributed by atoms with E-state index in [-0.39, 0.29) is 10.9 Å². The summed E-state index contributed by atoms with van der Waals surface area (Å²) in [5.74, 6) is -0.718. The monoisotopic (exact) mass is 454 g/mol. The number of hydrogen-bond acceptors (Lipinski definition) is 6. The van der Waals surface area contributed by atoms with Crippen LogP contribution >= 0.6 is 23.6 Å². The van der Waals surface area contributed by atoms with Gasteiger partial charge in [0.2, 0.25) is 0 Å². The number of nitrogens with one attached hydrogen (secondary N) is 2. The molecule has 31 heavy (non-hydrogen) atoms. The lowest BCUT2D eigenvalue weighted by molar-refractivity contribution is -0.111. The third-order valence-corrected chi connectivity index (χ3v) is 6.48. The Morgan fingerprint density at radius 1 is 1.13 bits per heavy atom. The molecule has 4 rings (SSSR count). The highest BCUT2D eigenvalue weighted by Crippen LogP contribution is 2.37. The average Bonchev–Trinajstić information content (AvgIpc) is 3.12. The molecule has 2 aromatic heterocycles. The molecule has 3 aromatic rings. The van der Waals surface area contributed by atoms with Crippen molar-refractivity contribution >= 4 is 61.9 Å². The summed E-state index contributed by atoms with van der Waals surface area (Å²) in [4.78, 5) is 33.8. The molecule has 0 radical (unpaired) electrons. The third-order valence-electron chi connectivity index (χ3n) is 4.96. The zero-order valence-corrected chi connectivity index (χ0v) is 18.9.